The van der Waals surface area contributed by atoms with E-state index in [0.717, 1.165) is 12.0 Å². The van der Waals surface area contributed by atoms with E-state index in [1.54, 1.807) is 0 Å². The van der Waals surface area contributed by atoms with Gasteiger partial charge in [-0.1, -0.05) is 30.3 Å². The van der Waals surface area contributed by atoms with Gasteiger partial charge >= 0.3 is 6.09 Å². The maximum Gasteiger partial charge on any atom is 0.408 e. The van der Waals surface area contributed by atoms with Crippen molar-refractivity contribution in [1.29, 1.82) is 0 Å². The van der Waals surface area contributed by atoms with Gasteiger partial charge in [0.1, 0.15) is 11.4 Å². The second-order valence-electron chi connectivity index (χ2n) is 6.58. The van der Waals surface area contributed by atoms with Crippen LogP contribution in [0.1, 0.15) is 51.6 Å². The summed E-state index contributed by atoms with van der Waals surface area (Å²) in [6, 6.07) is 9.60. The molecule has 0 bridgehead atoms. The zero-order valence-corrected chi connectivity index (χ0v) is 12.9. The molecule has 0 unspecified atom stereocenters. The molecule has 0 radical (unpaired) electrons. The van der Waals surface area contributed by atoms with Crippen LogP contribution in [-0.4, -0.2) is 17.5 Å². The number of benzene rings is 1. The van der Waals surface area contributed by atoms with E-state index in [1.165, 1.54) is 0 Å². The summed E-state index contributed by atoms with van der Waals surface area (Å²) in [5, 5.41) is 2.94. The van der Waals surface area contributed by atoms with Gasteiger partial charge in [-0.25, -0.2) is 4.79 Å². The van der Waals surface area contributed by atoms with Gasteiger partial charge in [-0.2, -0.15) is 0 Å². The van der Waals surface area contributed by atoms with Gasteiger partial charge in [0.25, 0.3) is 0 Å². The second kappa shape index (κ2) is 6.29. The van der Waals surface area contributed by atoms with Crippen LogP contribution in [0.2, 0.25) is 0 Å². The number of carbonyl (C=O) groups excluding carboxylic acids is 2. The van der Waals surface area contributed by atoms with Crippen LogP contribution < -0.4 is 5.32 Å². The van der Waals surface area contributed by atoms with Crippen LogP contribution in [0.15, 0.2) is 30.3 Å². The van der Waals surface area contributed by atoms with Crippen molar-refractivity contribution in [3.63, 3.8) is 0 Å². The van der Waals surface area contributed by atoms with Crippen molar-refractivity contribution in [1.82, 2.24) is 5.32 Å². The maximum atomic E-state index is 12.1. The van der Waals surface area contributed by atoms with E-state index < -0.39 is 11.7 Å². The Labute approximate surface area is 125 Å². The lowest BCUT2D eigenvalue weighted by molar-refractivity contribution is -0.117. The number of alkyl carbamates (subject to hydrolysis) is 1. The molecule has 1 amide bonds. The van der Waals surface area contributed by atoms with Crippen molar-refractivity contribution in [3.05, 3.63) is 35.9 Å². The van der Waals surface area contributed by atoms with Crippen molar-refractivity contribution in [2.75, 3.05) is 0 Å². The van der Waals surface area contributed by atoms with Gasteiger partial charge in [0.2, 0.25) is 0 Å². The van der Waals surface area contributed by atoms with Crippen LogP contribution in [0, 0.1) is 5.92 Å². The summed E-state index contributed by atoms with van der Waals surface area (Å²) in [4.78, 5) is 23.6. The summed E-state index contributed by atoms with van der Waals surface area (Å²) in [7, 11) is 0. The molecule has 0 aromatic heterocycles. The molecule has 1 aromatic carbocycles. The summed E-state index contributed by atoms with van der Waals surface area (Å²) < 4.78 is 5.34. The molecule has 0 aliphatic heterocycles. The van der Waals surface area contributed by atoms with Crippen LogP contribution >= 0.6 is 0 Å². The minimum atomic E-state index is -0.531. The molecular weight excluding hydrogens is 266 g/mol. The van der Waals surface area contributed by atoms with E-state index in [1.807, 2.05) is 51.1 Å². The third-order valence-electron chi connectivity index (χ3n) is 3.59. The monoisotopic (exact) mass is 289 g/mol. The Hall–Kier alpha value is -1.84. The Bertz CT molecular complexity index is 505. The molecule has 2 rings (SSSR count). The lowest BCUT2D eigenvalue weighted by atomic mass is 9.92. The first kappa shape index (κ1) is 15.5. The number of ketones is 1. The lowest BCUT2D eigenvalue weighted by Crippen LogP contribution is -2.37. The third-order valence-corrected chi connectivity index (χ3v) is 3.59. The van der Waals surface area contributed by atoms with E-state index in [0.29, 0.717) is 12.8 Å². The molecule has 0 saturated heterocycles. The second-order valence-corrected chi connectivity index (χ2v) is 6.58. The van der Waals surface area contributed by atoms with Crippen molar-refractivity contribution in [2.45, 2.75) is 51.7 Å². The Morgan fingerprint density at radius 1 is 1.29 bits per heavy atom. The van der Waals surface area contributed by atoms with E-state index in [9.17, 15) is 9.59 Å². The Kier molecular flexibility index (Phi) is 4.66. The number of hydrogen-bond acceptors (Lipinski definition) is 3. The third kappa shape index (κ3) is 4.59. The molecule has 1 aromatic rings. The smallest absolute Gasteiger partial charge is 0.408 e. The van der Waals surface area contributed by atoms with Crippen LogP contribution in [0.4, 0.5) is 4.79 Å². The summed E-state index contributed by atoms with van der Waals surface area (Å²) >= 11 is 0. The molecule has 1 fully saturated rings. The highest BCUT2D eigenvalue weighted by atomic mass is 16.6. The average molecular weight is 289 g/mol. The van der Waals surface area contributed by atoms with Gasteiger partial charge in [-0.15, -0.1) is 0 Å². The molecule has 0 heterocycles. The Balaban J connectivity index is 2.13. The molecule has 1 aliphatic rings. The van der Waals surface area contributed by atoms with Crippen LogP contribution in [0.5, 0.6) is 0 Å². The van der Waals surface area contributed by atoms with E-state index in [4.69, 9.17) is 4.74 Å². The molecule has 114 valence electrons. The largest absolute Gasteiger partial charge is 0.444 e. The fraction of sp³-hybridized carbons (Fsp3) is 0.529. The highest BCUT2D eigenvalue weighted by Gasteiger charge is 2.32. The lowest BCUT2D eigenvalue weighted by Gasteiger charge is -2.27. The van der Waals surface area contributed by atoms with E-state index in [2.05, 4.69) is 5.32 Å². The quantitative estimate of drug-likeness (QED) is 0.924. The molecule has 0 spiro atoms. The molecule has 2 atom stereocenters. The summed E-state index contributed by atoms with van der Waals surface area (Å²) in [6.45, 7) is 5.51. The van der Waals surface area contributed by atoms with Gasteiger partial charge in [0.05, 0.1) is 6.04 Å². The first-order valence-electron chi connectivity index (χ1n) is 7.41. The number of ether oxygens (including phenoxy) is 1. The summed E-state index contributed by atoms with van der Waals surface area (Å²) in [5.41, 5.74) is 0.486. The highest BCUT2D eigenvalue weighted by Crippen LogP contribution is 2.34. The van der Waals surface area contributed by atoms with E-state index >= 15 is 0 Å². The predicted molar refractivity (Wildman–Crippen MR) is 80.9 cm³/mol. The summed E-state index contributed by atoms with van der Waals surface area (Å²) in [6.07, 6.45) is 1.50. The minimum absolute atomic E-state index is 0.146. The maximum absolute atomic E-state index is 12.1. The molecule has 1 aliphatic carbocycles. The van der Waals surface area contributed by atoms with Gasteiger partial charge in [0.15, 0.2) is 0 Å². The minimum Gasteiger partial charge on any atom is -0.444 e. The molecule has 1 saturated carbocycles. The highest BCUT2D eigenvalue weighted by molar-refractivity contribution is 5.81. The SMILES string of the molecule is CC(C)(C)OC(=O)N[C@@H](c1ccccc1)[C@H]1CCC(=O)C1. The van der Waals surface area contributed by atoms with Crippen molar-refractivity contribution in [2.24, 2.45) is 5.92 Å². The zero-order valence-electron chi connectivity index (χ0n) is 12.9. The van der Waals surface area contributed by atoms with Gasteiger partial charge in [-0.3, -0.25) is 4.79 Å². The molecule has 1 N–H and O–H groups in total. The fourth-order valence-electron chi connectivity index (χ4n) is 2.70. The first-order valence-corrected chi connectivity index (χ1v) is 7.41. The zero-order chi connectivity index (χ0) is 15.5. The van der Waals surface area contributed by atoms with Gasteiger partial charge < -0.3 is 10.1 Å². The molecule has 4 heteroatoms. The normalized spacial score (nSPS) is 20.1. The van der Waals surface area contributed by atoms with Crippen LogP contribution in [-0.2, 0) is 9.53 Å². The number of Topliss-reactive ketones (excluding diaryl/α,β-unsaturated/α-hetero) is 1. The van der Waals surface area contributed by atoms with Crippen LogP contribution in [0.25, 0.3) is 0 Å². The van der Waals surface area contributed by atoms with E-state index in [-0.39, 0.29) is 17.7 Å². The number of rotatable bonds is 3. The van der Waals surface area contributed by atoms with Crippen molar-refractivity contribution < 1.29 is 14.3 Å². The number of carbonyl (C=O) groups is 2. The van der Waals surface area contributed by atoms with Crippen molar-refractivity contribution >= 4 is 11.9 Å². The number of nitrogens with one attached hydrogen (secondary N) is 1. The molecular formula is C17H23NO3. The number of hydrogen-bond donors (Lipinski definition) is 1. The fourth-order valence-corrected chi connectivity index (χ4v) is 2.70. The van der Waals surface area contributed by atoms with Crippen molar-refractivity contribution in [3.8, 4) is 0 Å². The predicted octanol–water partition coefficient (Wildman–Crippen LogP) is 3.62. The molecule has 4 nitrogen and oxygen atoms in total. The Morgan fingerprint density at radius 3 is 2.48 bits per heavy atom. The average Bonchev–Trinajstić information content (AvgIpc) is 2.81. The molecule has 21 heavy (non-hydrogen) atoms. The summed E-state index contributed by atoms with van der Waals surface area (Å²) in [5.74, 6) is 0.416. The topological polar surface area (TPSA) is 55.4 Å². The Morgan fingerprint density at radius 2 is 1.95 bits per heavy atom. The van der Waals surface area contributed by atoms with Gasteiger partial charge in [0, 0.05) is 12.8 Å². The van der Waals surface area contributed by atoms with Gasteiger partial charge in [-0.05, 0) is 38.7 Å². The van der Waals surface area contributed by atoms with Crippen LogP contribution in [0.3, 0.4) is 0 Å². The standard InChI is InChI=1S/C17H23NO3/c1-17(2,3)21-16(20)18-15(12-7-5-4-6-8-12)13-9-10-14(19)11-13/h4-8,13,15H,9-11H2,1-3H3,(H,18,20)/t13-,15-/m0/s1. The number of amides is 1. The first-order chi connectivity index (χ1) is 9.85.